The zero-order valence-corrected chi connectivity index (χ0v) is 11.6. The molecule has 4 heteroatoms. The van der Waals surface area contributed by atoms with Crippen molar-refractivity contribution < 1.29 is 8.95 Å². The predicted molar refractivity (Wildman–Crippen MR) is 74.2 cm³/mol. The van der Waals surface area contributed by atoms with Crippen LogP contribution >= 0.6 is 0 Å². The summed E-state index contributed by atoms with van der Waals surface area (Å²) in [5.74, 6) is 2.07. The molecule has 0 saturated heterocycles. The highest BCUT2D eigenvalue weighted by Crippen LogP contribution is 2.27. The molecule has 1 saturated carbocycles. The van der Waals surface area contributed by atoms with Crippen molar-refractivity contribution in [2.45, 2.75) is 36.6 Å². The van der Waals surface area contributed by atoms with Crippen molar-refractivity contribution in [3.05, 3.63) is 24.3 Å². The van der Waals surface area contributed by atoms with Crippen molar-refractivity contribution in [3.63, 3.8) is 0 Å². The molecule has 3 unspecified atom stereocenters. The monoisotopic (exact) mass is 267 g/mol. The molecule has 0 amide bonds. The van der Waals surface area contributed by atoms with Crippen molar-refractivity contribution in [2.75, 3.05) is 12.9 Å². The quantitative estimate of drug-likeness (QED) is 0.890. The maximum Gasteiger partial charge on any atom is 0.118 e. The van der Waals surface area contributed by atoms with Crippen LogP contribution in [0.1, 0.15) is 25.7 Å². The largest absolute Gasteiger partial charge is 0.497 e. The Morgan fingerprint density at radius 3 is 2.61 bits per heavy atom. The Hall–Kier alpha value is -0.870. The lowest BCUT2D eigenvalue weighted by molar-refractivity contribution is 0.414. The third-order valence-electron chi connectivity index (χ3n) is 3.71. The summed E-state index contributed by atoms with van der Waals surface area (Å²) in [5, 5.41) is 0. The number of rotatable bonds is 5. The molecule has 18 heavy (non-hydrogen) atoms. The fourth-order valence-electron chi connectivity index (χ4n) is 2.53. The van der Waals surface area contributed by atoms with Gasteiger partial charge < -0.3 is 10.5 Å². The number of methoxy groups -OCH3 is 1. The number of hydrogen-bond acceptors (Lipinski definition) is 3. The standard InChI is InChI=1S/C14H21NO2S/c1-17-12-5-7-13(8-6-12)18(16)10-9-11-3-2-4-14(11)15/h5-8,11,14H,2-4,9-10,15H2,1H3. The fourth-order valence-corrected chi connectivity index (χ4v) is 3.72. The smallest absolute Gasteiger partial charge is 0.118 e. The Bertz CT molecular complexity index is 405. The summed E-state index contributed by atoms with van der Waals surface area (Å²) in [6.45, 7) is 0. The Morgan fingerprint density at radius 1 is 1.33 bits per heavy atom. The lowest BCUT2D eigenvalue weighted by Crippen LogP contribution is -2.25. The minimum atomic E-state index is -0.916. The van der Waals surface area contributed by atoms with E-state index < -0.39 is 10.8 Å². The van der Waals surface area contributed by atoms with E-state index in [1.165, 1.54) is 12.8 Å². The van der Waals surface area contributed by atoms with Gasteiger partial charge in [0.2, 0.25) is 0 Å². The fraction of sp³-hybridized carbons (Fsp3) is 0.571. The second kappa shape index (κ2) is 6.34. The molecule has 2 rings (SSSR count). The predicted octanol–water partition coefficient (Wildman–Crippen LogP) is 2.32. The van der Waals surface area contributed by atoms with Gasteiger partial charge in [-0.25, -0.2) is 0 Å². The Labute approximate surface area is 111 Å². The highest BCUT2D eigenvalue weighted by atomic mass is 32.2. The first kappa shape index (κ1) is 13.6. The van der Waals surface area contributed by atoms with Crippen LogP contribution in [0.2, 0.25) is 0 Å². The molecular formula is C14H21NO2S. The lowest BCUT2D eigenvalue weighted by Gasteiger charge is -2.14. The molecule has 0 aromatic heterocycles. The second-order valence-corrected chi connectivity index (χ2v) is 6.44. The lowest BCUT2D eigenvalue weighted by atomic mass is 10.0. The van der Waals surface area contributed by atoms with Crippen LogP contribution in [0.15, 0.2) is 29.2 Å². The highest BCUT2D eigenvalue weighted by Gasteiger charge is 2.24. The molecule has 3 atom stereocenters. The summed E-state index contributed by atoms with van der Waals surface area (Å²) in [6.07, 6.45) is 4.52. The van der Waals surface area contributed by atoms with Crippen molar-refractivity contribution in [3.8, 4) is 5.75 Å². The molecule has 100 valence electrons. The van der Waals surface area contributed by atoms with Gasteiger partial charge in [-0.05, 0) is 49.4 Å². The van der Waals surface area contributed by atoms with Gasteiger partial charge in [-0.2, -0.15) is 0 Å². The molecule has 0 spiro atoms. The first-order valence-electron chi connectivity index (χ1n) is 6.48. The molecule has 0 radical (unpaired) electrons. The van der Waals surface area contributed by atoms with Gasteiger partial charge in [0, 0.05) is 16.7 Å². The van der Waals surface area contributed by atoms with Crippen LogP contribution in [0.4, 0.5) is 0 Å². The zero-order valence-electron chi connectivity index (χ0n) is 10.8. The van der Waals surface area contributed by atoms with Gasteiger partial charge in [0.05, 0.1) is 17.9 Å². The van der Waals surface area contributed by atoms with Crippen molar-refractivity contribution in [1.82, 2.24) is 0 Å². The molecule has 1 fully saturated rings. The summed E-state index contributed by atoms with van der Waals surface area (Å²) in [4.78, 5) is 0.877. The van der Waals surface area contributed by atoms with E-state index in [1.54, 1.807) is 7.11 Å². The van der Waals surface area contributed by atoms with Gasteiger partial charge in [0.15, 0.2) is 0 Å². The third-order valence-corrected chi connectivity index (χ3v) is 5.12. The van der Waals surface area contributed by atoms with Crippen LogP contribution in [-0.2, 0) is 10.8 Å². The molecule has 1 aliphatic rings. The molecular weight excluding hydrogens is 246 g/mol. The summed E-state index contributed by atoms with van der Waals surface area (Å²) < 4.78 is 17.2. The Kier molecular flexibility index (Phi) is 4.78. The summed E-state index contributed by atoms with van der Waals surface area (Å²) in [5.41, 5.74) is 6.03. The Morgan fingerprint density at radius 2 is 2.06 bits per heavy atom. The molecule has 1 aromatic carbocycles. The van der Waals surface area contributed by atoms with Crippen molar-refractivity contribution >= 4 is 10.8 Å². The third kappa shape index (κ3) is 3.33. The number of hydrogen-bond donors (Lipinski definition) is 1. The molecule has 1 aliphatic carbocycles. The maximum absolute atomic E-state index is 12.1. The van der Waals surface area contributed by atoms with Crippen LogP contribution in [-0.4, -0.2) is 23.1 Å². The first-order chi connectivity index (χ1) is 8.70. The topological polar surface area (TPSA) is 52.3 Å². The molecule has 0 aliphatic heterocycles. The van der Waals surface area contributed by atoms with Crippen LogP contribution < -0.4 is 10.5 Å². The minimum Gasteiger partial charge on any atom is -0.497 e. The molecule has 0 bridgehead atoms. The van der Waals surface area contributed by atoms with E-state index in [1.807, 2.05) is 24.3 Å². The summed E-state index contributed by atoms with van der Waals surface area (Å²) in [6, 6.07) is 7.79. The van der Waals surface area contributed by atoms with Gasteiger partial charge >= 0.3 is 0 Å². The average Bonchev–Trinajstić information content (AvgIpc) is 2.81. The van der Waals surface area contributed by atoms with Crippen LogP contribution in [0.3, 0.4) is 0 Å². The van der Waals surface area contributed by atoms with E-state index in [9.17, 15) is 4.21 Å². The van der Waals surface area contributed by atoms with E-state index in [-0.39, 0.29) is 0 Å². The maximum atomic E-state index is 12.1. The first-order valence-corrected chi connectivity index (χ1v) is 7.80. The molecule has 1 aromatic rings. The number of benzene rings is 1. The van der Waals surface area contributed by atoms with E-state index in [0.717, 1.165) is 23.5 Å². The zero-order chi connectivity index (χ0) is 13.0. The second-order valence-electron chi connectivity index (χ2n) is 4.87. The van der Waals surface area contributed by atoms with E-state index >= 15 is 0 Å². The SMILES string of the molecule is COc1ccc(S(=O)CCC2CCCC2N)cc1. The van der Waals surface area contributed by atoms with Crippen LogP contribution in [0, 0.1) is 5.92 Å². The van der Waals surface area contributed by atoms with Gasteiger partial charge in [-0.3, -0.25) is 4.21 Å². The van der Waals surface area contributed by atoms with Crippen molar-refractivity contribution in [1.29, 1.82) is 0 Å². The molecule has 0 heterocycles. The number of ether oxygens (including phenoxy) is 1. The molecule has 3 nitrogen and oxygen atoms in total. The van der Waals surface area contributed by atoms with Gasteiger partial charge in [0.25, 0.3) is 0 Å². The highest BCUT2D eigenvalue weighted by molar-refractivity contribution is 7.85. The van der Waals surface area contributed by atoms with Crippen LogP contribution in [0.25, 0.3) is 0 Å². The summed E-state index contributed by atoms with van der Waals surface area (Å²) >= 11 is 0. The van der Waals surface area contributed by atoms with E-state index in [0.29, 0.717) is 17.7 Å². The summed E-state index contributed by atoms with van der Waals surface area (Å²) in [7, 11) is 0.717. The normalized spacial score (nSPS) is 25.0. The van der Waals surface area contributed by atoms with E-state index in [4.69, 9.17) is 10.5 Å². The van der Waals surface area contributed by atoms with Crippen molar-refractivity contribution in [2.24, 2.45) is 11.7 Å². The van der Waals surface area contributed by atoms with Gasteiger partial charge in [0.1, 0.15) is 5.75 Å². The Balaban J connectivity index is 1.87. The average molecular weight is 267 g/mol. The molecule has 2 N–H and O–H groups in total. The minimum absolute atomic E-state index is 0.317. The van der Waals surface area contributed by atoms with Gasteiger partial charge in [-0.1, -0.05) is 6.42 Å². The van der Waals surface area contributed by atoms with Crippen LogP contribution in [0.5, 0.6) is 5.75 Å². The van der Waals surface area contributed by atoms with E-state index in [2.05, 4.69) is 0 Å². The van der Waals surface area contributed by atoms with Gasteiger partial charge in [-0.15, -0.1) is 0 Å². The number of nitrogens with two attached hydrogens (primary N) is 1.